The Balaban J connectivity index is 1.88. The topological polar surface area (TPSA) is 34.9 Å². The van der Waals surface area contributed by atoms with Crippen molar-refractivity contribution < 1.29 is 0 Å². The summed E-state index contributed by atoms with van der Waals surface area (Å²) in [6.07, 6.45) is 6.15. The second kappa shape index (κ2) is 8.70. The van der Waals surface area contributed by atoms with Gasteiger partial charge in [0.05, 0.1) is 10.9 Å². The summed E-state index contributed by atoms with van der Waals surface area (Å²) in [7, 11) is 0. The van der Waals surface area contributed by atoms with Gasteiger partial charge in [0.25, 0.3) is 5.56 Å². The van der Waals surface area contributed by atoms with Gasteiger partial charge in [0.15, 0.2) is 0 Å². The molecule has 0 atom stereocenters. The second-order valence-electron chi connectivity index (χ2n) is 7.09. The number of fused-ring (bicyclic) bond motifs is 1. The van der Waals surface area contributed by atoms with E-state index in [2.05, 4.69) is 37.3 Å². The van der Waals surface area contributed by atoms with E-state index in [1.807, 2.05) is 65.2 Å². The highest BCUT2D eigenvalue weighted by atomic mass is 16.1. The van der Waals surface area contributed by atoms with Gasteiger partial charge in [-0.15, -0.1) is 0 Å². The molecule has 3 heteroatoms. The lowest BCUT2D eigenvalue weighted by Gasteiger charge is -2.15. The zero-order valence-corrected chi connectivity index (χ0v) is 16.6. The molecule has 0 bridgehead atoms. The minimum Gasteiger partial charge on any atom is -0.292 e. The minimum absolute atomic E-state index is 0.0286. The Morgan fingerprint density at radius 3 is 2.41 bits per heavy atom. The fourth-order valence-corrected chi connectivity index (χ4v) is 3.49. The summed E-state index contributed by atoms with van der Waals surface area (Å²) >= 11 is 0. The standard InChI is InChI=1S/C26H24N2O/c1-2-3-19-28-25(27-24-16-10-9-15-23(24)26(28)29)22-14-8-7-13-21(22)18-17-20-11-5-4-6-12-20/h4-18H,2-3,19H2,1H3/b18-17+. The first-order chi connectivity index (χ1) is 14.3. The van der Waals surface area contributed by atoms with Crippen LogP contribution in [0.4, 0.5) is 0 Å². The van der Waals surface area contributed by atoms with Gasteiger partial charge in [-0.1, -0.05) is 92.2 Å². The maximum Gasteiger partial charge on any atom is 0.261 e. The molecule has 0 aliphatic carbocycles. The van der Waals surface area contributed by atoms with Gasteiger partial charge in [0.1, 0.15) is 5.82 Å². The van der Waals surface area contributed by atoms with Crippen LogP contribution >= 0.6 is 0 Å². The normalized spacial score (nSPS) is 11.3. The van der Waals surface area contributed by atoms with Crippen LogP contribution in [0.3, 0.4) is 0 Å². The van der Waals surface area contributed by atoms with E-state index in [0.29, 0.717) is 11.9 Å². The summed E-state index contributed by atoms with van der Waals surface area (Å²) < 4.78 is 1.83. The van der Waals surface area contributed by atoms with E-state index >= 15 is 0 Å². The molecule has 0 N–H and O–H groups in total. The molecule has 0 spiro atoms. The van der Waals surface area contributed by atoms with Gasteiger partial charge in [0, 0.05) is 12.1 Å². The summed E-state index contributed by atoms with van der Waals surface area (Å²) in [5, 5.41) is 0.671. The van der Waals surface area contributed by atoms with Crippen LogP contribution in [0.15, 0.2) is 83.7 Å². The van der Waals surface area contributed by atoms with Crippen molar-refractivity contribution in [2.45, 2.75) is 26.3 Å². The maximum absolute atomic E-state index is 13.2. The predicted octanol–water partition coefficient (Wildman–Crippen LogP) is 6.03. The number of rotatable bonds is 6. The first-order valence-corrected chi connectivity index (χ1v) is 10.1. The van der Waals surface area contributed by atoms with Gasteiger partial charge in [-0.2, -0.15) is 0 Å². The quantitative estimate of drug-likeness (QED) is 0.383. The number of benzene rings is 3. The lowest BCUT2D eigenvalue weighted by atomic mass is 10.0. The van der Waals surface area contributed by atoms with Gasteiger partial charge in [0.2, 0.25) is 0 Å². The van der Waals surface area contributed by atoms with E-state index in [-0.39, 0.29) is 5.56 Å². The lowest BCUT2D eigenvalue weighted by Crippen LogP contribution is -2.23. The first-order valence-electron chi connectivity index (χ1n) is 10.1. The van der Waals surface area contributed by atoms with E-state index in [0.717, 1.165) is 40.9 Å². The van der Waals surface area contributed by atoms with Crippen molar-refractivity contribution in [2.75, 3.05) is 0 Å². The molecule has 29 heavy (non-hydrogen) atoms. The Morgan fingerprint density at radius 1 is 0.862 bits per heavy atom. The molecular formula is C26H24N2O. The highest BCUT2D eigenvalue weighted by molar-refractivity contribution is 5.83. The summed E-state index contributed by atoms with van der Waals surface area (Å²) in [4.78, 5) is 18.1. The Morgan fingerprint density at radius 2 is 1.59 bits per heavy atom. The third-order valence-electron chi connectivity index (χ3n) is 5.05. The van der Waals surface area contributed by atoms with Crippen LogP contribution in [0.5, 0.6) is 0 Å². The molecule has 0 radical (unpaired) electrons. The Labute approximate surface area is 171 Å². The van der Waals surface area contributed by atoms with Gasteiger partial charge < -0.3 is 0 Å². The molecule has 4 aromatic rings. The summed E-state index contributed by atoms with van der Waals surface area (Å²) in [6.45, 7) is 2.80. The van der Waals surface area contributed by atoms with Crippen molar-refractivity contribution in [3.63, 3.8) is 0 Å². The Bertz CT molecular complexity index is 1210. The van der Waals surface area contributed by atoms with Crippen molar-refractivity contribution in [1.82, 2.24) is 9.55 Å². The zero-order chi connectivity index (χ0) is 20.1. The minimum atomic E-state index is 0.0286. The van der Waals surface area contributed by atoms with Gasteiger partial charge in [-0.05, 0) is 29.7 Å². The molecular weight excluding hydrogens is 356 g/mol. The molecule has 0 unspecified atom stereocenters. The molecule has 0 saturated carbocycles. The molecule has 1 heterocycles. The number of hydrogen-bond donors (Lipinski definition) is 0. The van der Waals surface area contributed by atoms with Crippen molar-refractivity contribution in [3.05, 3.63) is 100 Å². The number of aromatic nitrogens is 2. The average molecular weight is 380 g/mol. The molecule has 1 aromatic heterocycles. The van der Waals surface area contributed by atoms with Crippen molar-refractivity contribution in [2.24, 2.45) is 0 Å². The van der Waals surface area contributed by atoms with E-state index in [1.54, 1.807) is 0 Å². The third kappa shape index (κ3) is 4.04. The van der Waals surface area contributed by atoms with E-state index < -0.39 is 0 Å². The molecule has 0 fully saturated rings. The van der Waals surface area contributed by atoms with Gasteiger partial charge in [-0.3, -0.25) is 9.36 Å². The molecule has 3 aromatic carbocycles. The van der Waals surface area contributed by atoms with Crippen LogP contribution < -0.4 is 5.56 Å². The molecule has 144 valence electrons. The maximum atomic E-state index is 13.2. The van der Waals surface area contributed by atoms with E-state index in [9.17, 15) is 4.79 Å². The van der Waals surface area contributed by atoms with Crippen LogP contribution in [0, 0.1) is 0 Å². The predicted molar refractivity (Wildman–Crippen MR) is 122 cm³/mol. The lowest BCUT2D eigenvalue weighted by molar-refractivity contribution is 0.615. The van der Waals surface area contributed by atoms with Gasteiger partial charge >= 0.3 is 0 Å². The van der Waals surface area contributed by atoms with Crippen molar-refractivity contribution >= 4 is 23.1 Å². The molecule has 0 aliphatic heterocycles. The number of unbranched alkanes of at least 4 members (excludes halogenated alkanes) is 1. The number of nitrogens with zero attached hydrogens (tertiary/aromatic N) is 2. The van der Waals surface area contributed by atoms with Crippen molar-refractivity contribution in [1.29, 1.82) is 0 Å². The highest BCUT2D eigenvalue weighted by Crippen LogP contribution is 2.25. The molecule has 3 nitrogen and oxygen atoms in total. The highest BCUT2D eigenvalue weighted by Gasteiger charge is 2.14. The van der Waals surface area contributed by atoms with Crippen LogP contribution in [0.2, 0.25) is 0 Å². The van der Waals surface area contributed by atoms with E-state index in [4.69, 9.17) is 4.98 Å². The summed E-state index contributed by atoms with van der Waals surface area (Å²) in [6, 6.07) is 25.9. The zero-order valence-electron chi connectivity index (χ0n) is 16.6. The Hall–Kier alpha value is -3.46. The molecule has 0 aliphatic rings. The van der Waals surface area contributed by atoms with Crippen LogP contribution in [0.25, 0.3) is 34.4 Å². The van der Waals surface area contributed by atoms with Crippen LogP contribution in [0.1, 0.15) is 30.9 Å². The van der Waals surface area contributed by atoms with Gasteiger partial charge in [-0.25, -0.2) is 4.98 Å². The van der Waals surface area contributed by atoms with E-state index in [1.165, 1.54) is 0 Å². The fraction of sp³-hybridized carbons (Fsp3) is 0.154. The van der Waals surface area contributed by atoms with Crippen LogP contribution in [-0.4, -0.2) is 9.55 Å². The fourth-order valence-electron chi connectivity index (χ4n) is 3.49. The smallest absolute Gasteiger partial charge is 0.261 e. The first kappa shape index (κ1) is 18.9. The van der Waals surface area contributed by atoms with Crippen LogP contribution in [-0.2, 0) is 6.54 Å². The largest absolute Gasteiger partial charge is 0.292 e. The monoisotopic (exact) mass is 380 g/mol. The Kier molecular flexibility index (Phi) is 5.66. The number of hydrogen-bond acceptors (Lipinski definition) is 2. The molecule has 0 amide bonds. The summed E-state index contributed by atoms with van der Waals surface area (Å²) in [5.41, 5.74) is 3.92. The third-order valence-corrected chi connectivity index (χ3v) is 5.05. The SMILES string of the molecule is CCCCn1c(-c2ccccc2/C=C/c2ccccc2)nc2ccccc2c1=O. The second-order valence-corrected chi connectivity index (χ2v) is 7.09. The van der Waals surface area contributed by atoms with Crippen molar-refractivity contribution in [3.8, 4) is 11.4 Å². The molecule has 4 rings (SSSR count). The number of para-hydroxylation sites is 1. The molecule has 0 saturated heterocycles. The summed E-state index contributed by atoms with van der Waals surface area (Å²) in [5.74, 6) is 0.732. The average Bonchev–Trinajstić information content (AvgIpc) is 2.78.